The minimum atomic E-state index is -0.0232. The van der Waals surface area contributed by atoms with Crippen molar-refractivity contribution >= 4 is 0 Å². The van der Waals surface area contributed by atoms with Crippen LogP contribution in [0.25, 0.3) is 0 Å². The van der Waals surface area contributed by atoms with Gasteiger partial charge in [-0.2, -0.15) is 0 Å². The molecule has 6 nitrogen and oxygen atoms in total. The van der Waals surface area contributed by atoms with Crippen LogP contribution >= 0.6 is 0 Å². The molecule has 0 aliphatic rings. The van der Waals surface area contributed by atoms with Gasteiger partial charge in [0.2, 0.25) is 0 Å². The van der Waals surface area contributed by atoms with Crippen LogP contribution < -0.4 is 11.5 Å². The maximum absolute atomic E-state index is 5.58. The van der Waals surface area contributed by atoms with Gasteiger partial charge in [-0.05, 0) is 59.8 Å². The Labute approximate surface area is 116 Å². The molecule has 4 N–H and O–H groups in total. The lowest BCUT2D eigenvalue weighted by Crippen LogP contribution is -2.28. The van der Waals surface area contributed by atoms with E-state index in [-0.39, 0.29) is 5.54 Å². The second-order valence-corrected chi connectivity index (χ2v) is 5.89. The van der Waals surface area contributed by atoms with Gasteiger partial charge in [0.1, 0.15) is 0 Å². The molecular weight excluding hydrogens is 240 g/mol. The van der Waals surface area contributed by atoms with Crippen molar-refractivity contribution in [2.75, 3.05) is 26.2 Å². The average molecular weight is 268 g/mol. The molecule has 1 heterocycles. The van der Waals surface area contributed by atoms with Crippen molar-refractivity contribution in [3.05, 3.63) is 11.9 Å². The SMILES string of the molecule is CC(C)(C)n1cc(CN(CCCN)CCCN)nn1. The van der Waals surface area contributed by atoms with Gasteiger partial charge >= 0.3 is 0 Å². The predicted octanol–water partition coefficient (Wildman–Crippen LogP) is 0.533. The van der Waals surface area contributed by atoms with E-state index in [9.17, 15) is 0 Å². The Morgan fingerprint density at radius 1 is 1.16 bits per heavy atom. The molecule has 0 bridgehead atoms. The smallest absolute Gasteiger partial charge is 0.0967 e. The first-order valence-corrected chi connectivity index (χ1v) is 7.01. The van der Waals surface area contributed by atoms with Crippen LogP contribution in [0, 0.1) is 0 Å². The quantitative estimate of drug-likeness (QED) is 0.718. The predicted molar refractivity (Wildman–Crippen MR) is 77.6 cm³/mol. The van der Waals surface area contributed by atoms with E-state index < -0.39 is 0 Å². The van der Waals surface area contributed by atoms with Crippen LogP contribution in [0.3, 0.4) is 0 Å². The Morgan fingerprint density at radius 2 is 1.74 bits per heavy atom. The summed E-state index contributed by atoms with van der Waals surface area (Å²) in [6, 6.07) is 0. The summed E-state index contributed by atoms with van der Waals surface area (Å²) in [5.74, 6) is 0. The van der Waals surface area contributed by atoms with E-state index in [1.54, 1.807) is 0 Å². The van der Waals surface area contributed by atoms with E-state index in [0.29, 0.717) is 13.1 Å². The van der Waals surface area contributed by atoms with E-state index in [1.165, 1.54) is 0 Å². The molecule has 1 aromatic rings. The highest BCUT2D eigenvalue weighted by atomic mass is 15.4. The standard InChI is InChI=1S/C13H28N6/c1-13(2,3)19-11-12(16-17-19)10-18(8-4-6-14)9-5-7-15/h11H,4-10,14-15H2,1-3H3. The lowest BCUT2D eigenvalue weighted by molar-refractivity contribution is 0.259. The molecule has 0 saturated heterocycles. The summed E-state index contributed by atoms with van der Waals surface area (Å²) >= 11 is 0. The van der Waals surface area contributed by atoms with Crippen molar-refractivity contribution in [2.45, 2.75) is 45.7 Å². The molecule has 1 rings (SSSR count). The van der Waals surface area contributed by atoms with Crippen LogP contribution in [0.5, 0.6) is 0 Å². The van der Waals surface area contributed by atoms with Crippen LogP contribution in [-0.2, 0) is 12.1 Å². The highest BCUT2D eigenvalue weighted by Gasteiger charge is 2.16. The maximum Gasteiger partial charge on any atom is 0.0967 e. The fourth-order valence-corrected chi connectivity index (χ4v) is 1.83. The second-order valence-electron chi connectivity index (χ2n) is 5.89. The minimum Gasteiger partial charge on any atom is -0.330 e. The van der Waals surface area contributed by atoms with E-state index in [4.69, 9.17) is 11.5 Å². The summed E-state index contributed by atoms with van der Waals surface area (Å²) in [4.78, 5) is 2.34. The Kier molecular flexibility index (Phi) is 6.41. The topological polar surface area (TPSA) is 86.0 Å². The zero-order chi connectivity index (χ0) is 14.3. The normalized spacial score (nSPS) is 12.3. The maximum atomic E-state index is 5.58. The van der Waals surface area contributed by atoms with Crippen molar-refractivity contribution in [1.29, 1.82) is 0 Å². The van der Waals surface area contributed by atoms with Gasteiger partial charge < -0.3 is 11.5 Å². The number of nitrogens with two attached hydrogens (primary N) is 2. The first-order chi connectivity index (χ1) is 8.97. The third-order valence-corrected chi connectivity index (χ3v) is 2.97. The van der Waals surface area contributed by atoms with Crippen molar-refractivity contribution in [2.24, 2.45) is 11.5 Å². The van der Waals surface area contributed by atoms with Gasteiger partial charge in [0.15, 0.2) is 0 Å². The van der Waals surface area contributed by atoms with Gasteiger partial charge in [0.05, 0.1) is 17.4 Å². The third kappa shape index (κ3) is 5.67. The van der Waals surface area contributed by atoms with Gasteiger partial charge in [-0.1, -0.05) is 5.21 Å². The third-order valence-electron chi connectivity index (χ3n) is 2.97. The summed E-state index contributed by atoms with van der Waals surface area (Å²) in [5.41, 5.74) is 12.1. The van der Waals surface area contributed by atoms with Gasteiger partial charge in [-0.25, -0.2) is 4.68 Å². The first kappa shape index (κ1) is 16.1. The summed E-state index contributed by atoms with van der Waals surface area (Å²) < 4.78 is 1.91. The molecule has 0 aliphatic heterocycles. The number of hydrogen-bond acceptors (Lipinski definition) is 5. The summed E-state index contributed by atoms with van der Waals surface area (Å²) in [7, 11) is 0. The molecule has 19 heavy (non-hydrogen) atoms. The lowest BCUT2D eigenvalue weighted by Gasteiger charge is -2.20. The number of rotatable bonds is 8. The summed E-state index contributed by atoms with van der Waals surface area (Å²) in [5, 5.41) is 8.44. The molecular formula is C13H28N6. The molecule has 0 radical (unpaired) electrons. The van der Waals surface area contributed by atoms with Crippen molar-refractivity contribution in [1.82, 2.24) is 19.9 Å². The Morgan fingerprint density at radius 3 is 2.16 bits per heavy atom. The number of aromatic nitrogens is 3. The molecule has 0 aliphatic carbocycles. The van der Waals surface area contributed by atoms with Crippen LogP contribution in [0.1, 0.15) is 39.3 Å². The van der Waals surface area contributed by atoms with Gasteiger partial charge in [-0.15, -0.1) is 5.10 Å². The van der Waals surface area contributed by atoms with Crippen molar-refractivity contribution < 1.29 is 0 Å². The monoisotopic (exact) mass is 268 g/mol. The zero-order valence-electron chi connectivity index (χ0n) is 12.5. The summed E-state index contributed by atoms with van der Waals surface area (Å²) in [6.45, 7) is 10.6. The van der Waals surface area contributed by atoms with Gasteiger partial charge in [0.25, 0.3) is 0 Å². The van der Waals surface area contributed by atoms with Crippen LogP contribution in [-0.4, -0.2) is 46.1 Å². The highest BCUT2D eigenvalue weighted by Crippen LogP contribution is 2.12. The number of hydrogen-bond donors (Lipinski definition) is 2. The molecule has 0 atom stereocenters. The van der Waals surface area contributed by atoms with Gasteiger partial charge in [-0.3, -0.25) is 4.90 Å². The van der Waals surface area contributed by atoms with Crippen LogP contribution in [0.4, 0.5) is 0 Å². The zero-order valence-corrected chi connectivity index (χ0v) is 12.5. The molecule has 0 fully saturated rings. The Hall–Kier alpha value is -0.980. The number of nitrogens with zero attached hydrogens (tertiary/aromatic N) is 4. The molecule has 0 amide bonds. The molecule has 0 aromatic carbocycles. The van der Waals surface area contributed by atoms with Gasteiger partial charge in [0, 0.05) is 6.54 Å². The van der Waals surface area contributed by atoms with Crippen LogP contribution in [0.15, 0.2) is 6.20 Å². The second kappa shape index (κ2) is 7.57. The largest absolute Gasteiger partial charge is 0.330 e. The molecule has 1 aromatic heterocycles. The van der Waals surface area contributed by atoms with Crippen molar-refractivity contribution in [3.8, 4) is 0 Å². The van der Waals surface area contributed by atoms with E-state index in [2.05, 4.69) is 36.0 Å². The molecule has 0 spiro atoms. The average Bonchev–Trinajstić information content (AvgIpc) is 2.81. The summed E-state index contributed by atoms with van der Waals surface area (Å²) in [6.07, 6.45) is 4.02. The van der Waals surface area contributed by atoms with E-state index >= 15 is 0 Å². The fraction of sp³-hybridized carbons (Fsp3) is 0.846. The first-order valence-electron chi connectivity index (χ1n) is 7.01. The van der Waals surface area contributed by atoms with E-state index in [1.807, 2.05) is 10.9 Å². The van der Waals surface area contributed by atoms with Crippen LogP contribution in [0.2, 0.25) is 0 Å². The highest BCUT2D eigenvalue weighted by molar-refractivity contribution is 4.94. The molecule has 0 unspecified atom stereocenters. The molecule has 0 saturated carbocycles. The molecule has 110 valence electrons. The van der Waals surface area contributed by atoms with Crippen molar-refractivity contribution in [3.63, 3.8) is 0 Å². The van der Waals surface area contributed by atoms with E-state index in [0.717, 1.165) is 38.2 Å². The Balaban J connectivity index is 2.59. The Bertz CT molecular complexity index is 346. The fourth-order valence-electron chi connectivity index (χ4n) is 1.83. The molecule has 6 heteroatoms. The minimum absolute atomic E-state index is 0.0232. The lowest BCUT2D eigenvalue weighted by atomic mass is 10.1.